The maximum Gasteiger partial charge on any atom is 0.324 e. The van der Waals surface area contributed by atoms with Crippen LogP contribution in [0.1, 0.15) is 16.1 Å². The van der Waals surface area contributed by atoms with Gasteiger partial charge in [-0.25, -0.2) is 0 Å². The van der Waals surface area contributed by atoms with E-state index in [9.17, 15) is 14.9 Å². The summed E-state index contributed by atoms with van der Waals surface area (Å²) in [6.45, 7) is 0. The molecule has 6 nitrogen and oxygen atoms in total. The molecule has 0 bridgehead atoms. The van der Waals surface area contributed by atoms with Crippen molar-refractivity contribution in [2.75, 3.05) is 11.1 Å². The van der Waals surface area contributed by atoms with Crippen LogP contribution in [0, 0.1) is 21.4 Å². The highest BCUT2D eigenvalue weighted by atomic mass is 32.2. The molecule has 1 N–H and O–H groups in total. The maximum atomic E-state index is 12.1. The van der Waals surface area contributed by atoms with E-state index in [0.29, 0.717) is 17.9 Å². The van der Waals surface area contributed by atoms with Gasteiger partial charge in [-0.2, -0.15) is 5.26 Å². The number of rotatable bonds is 6. The van der Waals surface area contributed by atoms with Crippen molar-refractivity contribution in [1.82, 2.24) is 0 Å². The van der Waals surface area contributed by atoms with Gasteiger partial charge in [-0.15, -0.1) is 11.8 Å². The van der Waals surface area contributed by atoms with Crippen LogP contribution in [0.2, 0.25) is 0 Å². The van der Waals surface area contributed by atoms with E-state index in [1.807, 2.05) is 12.1 Å². The zero-order chi connectivity index (χ0) is 15.9. The molecule has 0 aliphatic carbocycles. The molecule has 1 aromatic carbocycles. The van der Waals surface area contributed by atoms with Gasteiger partial charge in [0.25, 0.3) is 5.91 Å². The molecule has 22 heavy (non-hydrogen) atoms. The highest BCUT2D eigenvalue weighted by molar-refractivity contribution is 7.99. The second kappa shape index (κ2) is 7.59. The predicted molar refractivity (Wildman–Crippen MR) is 86.3 cm³/mol. The Morgan fingerprint density at radius 2 is 2.14 bits per heavy atom. The van der Waals surface area contributed by atoms with Crippen molar-refractivity contribution >= 4 is 39.7 Å². The lowest BCUT2D eigenvalue weighted by molar-refractivity contribution is -0.380. The number of nitriles is 1. The molecule has 0 aliphatic rings. The lowest BCUT2D eigenvalue weighted by atomic mass is 10.3. The van der Waals surface area contributed by atoms with Gasteiger partial charge in [-0.1, -0.05) is 23.5 Å². The number of nitro groups is 1. The number of thiophene rings is 1. The summed E-state index contributed by atoms with van der Waals surface area (Å²) in [4.78, 5) is 23.4. The Morgan fingerprint density at radius 1 is 1.36 bits per heavy atom. The van der Waals surface area contributed by atoms with E-state index in [0.717, 1.165) is 16.2 Å². The van der Waals surface area contributed by atoms with Gasteiger partial charge in [-0.05, 0) is 18.2 Å². The van der Waals surface area contributed by atoms with Gasteiger partial charge < -0.3 is 5.32 Å². The molecule has 0 saturated carbocycles. The molecule has 0 saturated heterocycles. The number of benzene rings is 1. The number of carbonyl (C=O) groups excluding carboxylic acids is 1. The van der Waals surface area contributed by atoms with Gasteiger partial charge in [0.05, 0.1) is 21.6 Å². The maximum absolute atomic E-state index is 12.1. The summed E-state index contributed by atoms with van der Waals surface area (Å²) in [6.07, 6.45) is 0.421. The van der Waals surface area contributed by atoms with Crippen molar-refractivity contribution in [2.45, 2.75) is 11.3 Å². The number of thioether (sulfide) groups is 1. The number of amides is 1. The molecule has 1 amide bonds. The minimum atomic E-state index is -0.521. The van der Waals surface area contributed by atoms with Crippen molar-refractivity contribution in [3.8, 4) is 6.07 Å². The fraction of sp³-hybridized carbons (Fsp3) is 0.143. The Balaban J connectivity index is 2.10. The number of nitrogens with zero attached hydrogens (tertiary/aromatic N) is 2. The summed E-state index contributed by atoms with van der Waals surface area (Å²) in [5, 5.41) is 21.9. The molecule has 1 heterocycles. The van der Waals surface area contributed by atoms with E-state index >= 15 is 0 Å². The van der Waals surface area contributed by atoms with Crippen molar-refractivity contribution in [2.24, 2.45) is 0 Å². The molecule has 0 unspecified atom stereocenters. The molecule has 8 heteroatoms. The minimum absolute atomic E-state index is 0.0677. The summed E-state index contributed by atoms with van der Waals surface area (Å²) in [5.41, 5.74) is 0.631. The van der Waals surface area contributed by atoms with Crippen LogP contribution < -0.4 is 5.32 Å². The number of para-hydroxylation sites is 1. The largest absolute Gasteiger partial charge is 0.324 e. The Labute approximate surface area is 134 Å². The van der Waals surface area contributed by atoms with Crippen LogP contribution in [-0.4, -0.2) is 16.6 Å². The molecular weight excluding hydrogens is 322 g/mol. The third kappa shape index (κ3) is 4.07. The van der Waals surface area contributed by atoms with Crippen molar-refractivity contribution < 1.29 is 9.72 Å². The second-order valence-electron chi connectivity index (χ2n) is 4.10. The van der Waals surface area contributed by atoms with Crippen LogP contribution in [0.3, 0.4) is 0 Å². The summed E-state index contributed by atoms with van der Waals surface area (Å²) < 4.78 is 0. The van der Waals surface area contributed by atoms with Gasteiger partial charge >= 0.3 is 5.00 Å². The first-order valence-corrected chi connectivity index (χ1v) is 8.06. The molecule has 0 aliphatic heterocycles. The van der Waals surface area contributed by atoms with E-state index < -0.39 is 4.92 Å². The van der Waals surface area contributed by atoms with Crippen molar-refractivity contribution in [3.05, 3.63) is 51.4 Å². The highest BCUT2D eigenvalue weighted by Gasteiger charge is 2.16. The molecular formula is C14H11N3O3S2. The molecule has 2 aromatic rings. The first kappa shape index (κ1) is 16.0. The average Bonchev–Trinajstić information content (AvgIpc) is 2.99. The Kier molecular flexibility index (Phi) is 5.52. The SMILES string of the molecule is N#CCCSc1ccccc1NC(=O)c1ccc([N+](=O)[O-])s1. The van der Waals surface area contributed by atoms with Crippen LogP contribution >= 0.6 is 23.1 Å². The first-order valence-electron chi connectivity index (χ1n) is 6.26. The summed E-state index contributed by atoms with van der Waals surface area (Å²) in [7, 11) is 0. The lowest BCUT2D eigenvalue weighted by Crippen LogP contribution is -2.10. The third-order valence-electron chi connectivity index (χ3n) is 2.60. The standard InChI is InChI=1S/C14H11N3O3S2/c15-8-3-9-21-11-5-2-1-4-10(11)16-14(18)12-6-7-13(22-12)17(19)20/h1-2,4-7H,3,9H2,(H,16,18). The van der Waals surface area contributed by atoms with Crippen molar-refractivity contribution in [3.63, 3.8) is 0 Å². The highest BCUT2D eigenvalue weighted by Crippen LogP contribution is 2.29. The number of carbonyl (C=O) groups is 1. The van der Waals surface area contributed by atoms with Crippen LogP contribution in [0.15, 0.2) is 41.3 Å². The van der Waals surface area contributed by atoms with Gasteiger partial charge in [0, 0.05) is 23.1 Å². The van der Waals surface area contributed by atoms with Crippen LogP contribution in [0.5, 0.6) is 0 Å². The van der Waals surface area contributed by atoms with E-state index in [1.54, 1.807) is 12.1 Å². The summed E-state index contributed by atoms with van der Waals surface area (Å²) >= 11 is 2.31. The normalized spacial score (nSPS) is 9.95. The summed E-state index contributed by atoms with van der Waals surface area (Å²) in [6, 6.07) is 12.1. The Hall–Kier alpha value is -2.37. The molecule has 0 fully saturated rings. The van der Waals surface area contributed by atoms with Crippen LogP contribution in [0.25, 0.3) is 0 Å². The Bertz CT molecular complexity index is 737. The second-order valence-corrected chi connectivity index (χ2v) is 6.30. The van der Waals surface area contributed by atoms with Crippen molar-refractivity contribution in [1.29, 1.82) is 5.26 Å². The molecule has 1 aromatic heterocycles. The Morgan fingerprint density at radius 3 is 2.82 bits per heavy atom. The van der Waals surface area contributed by atoms with Gasteiger partial charge in [0.1, 0.15) is 0 Å². The van der Waals surface area contributed by atoms with Crippen LogP contribution in [-0.2, 0) is 0 Å². The monoisotopic (exact) mass is 333 g/mol. The number of nitrogens with one attached hydrogen (secondary N) is 1. The number of hydrogen-bond donors (Lipinski definition) is 1. The first-order chi connectivity index (χ1) is 10.6. The third-order valence-corrected chi connectivity index (χ3v) is 4.71. The lowest BCUT2D eigenvalue weighted by Gasteiger charge is -2.09. The molecule has 2 rings (SSSR count). The fourth-order valence-corrected chi connectivity index (χ4v) is 3.21. The number of hydrogen-bond acceptors (Lipinski definition) is 6. The minimum Gasteiger partial charge on any atom is -0.320 e. The summed E-state index contributed by atoms with van der Waals surface area (Å²) in [5.74, 6) is 0.250. The van der Waals surface area contributed by atoms with Gasteiger partial charge in [0.15, 0.2) is 0 Å². The molecule has 0 atom stereocenters. The topological polar surface area (TPSA) is 96.0 Å². The zero-order valence-corrected chi connectivity index (χ0v) is 12.9. The van der Waals surface area contributed by atoms with E-state index in [1.165, 1.54) is 23.9 Å². The van der Waals surface area contributed by atoms with E-state index in [2.05, 4.69) is 11.4 Å². The van der Waals surface area contributed by atoms with Crippen LogP contribution in [0.4, 0.5) is 10.7 Å². The fourth-order valence-electron chi connectivity index (χ4n) is 1.63. The zero-order valence-electron chi connectivity index (χ0n) is 11.3. The molecule has 0 radical (unpaired) electrons. The predicted octanol–water partition coefficient (Wildman–Crippen LogP) is 3.91. The number of anilines is 1. The molecule has 0 spiro atoms. The molecule has 112 valence electrons. The van der Waals surface area contributed by atoms with E-state index in [4.69, 9.17) is 5.26 Å². The average molecular weight is 333 g/mol. The van der Waals surface area contributed by atoms with Gasteiger partial charge in [-0.3, -0.25) is 14.9 Å². The smallest absolute Gasteiger partial charge is 0.320 e. The van der Waals surface area contributed by atoms with E-state index in [-0.39, 0.29) is 15.8 Å². The van der Waals surface area contributed by atoms with Gasteiger partial charge in [0.2, 0.25) is 0 Å². The quantitative estimate of drug-likeness (QED) is 0.374.